The largest absolute Gasteiger partial charge is 0.496 e. The second-order valence-electron chi connectivity index (χ2n) is 4.82. The van der Waals surface area contributed by atoms with Crippen LogP contribution in [0.2, 0.25) is 0 Å². The van der Waals surface area contributed by atoms with E-state index in [-0.39, 0.29) is 5.75 Å². The average molecular weight is 316 g/mol. The molecule has 0 fully saturated rings. The maximum atomic E-state index is 11.9. The van der Waals surface area contributed by atoms with Gasteiger partial charge in [0.25, 0.3) is 0 Å². The molecule has 6 nitrogen and oxygen atoms in total. The van der Waals surface area contributed by atoms with Crippen LogP contribution >= 0.6 is 0 Å². The van der Waals surface area contributed by atoms with E-state index in [4.69, 9.17) is 13.9 Å². The molecule has 1 atom stereocenters. The van der Waals surface area contributed by atoms with Gasteiger partial charge in [0.1, 0.15) is 11.3 Å². The van der Waals surface area contributed by atoms with E-state index in [1.807, 2.05) is 0 Å². The smallest absolute Gasteiger partial charge is 0.336 e. The van der Waals surface area contributed by atoms with Gasteiger partial charge in [-0.3, -0.25) is 4.79 Å². The first kappa shape index (κ1) is 16.5. The summed E-state index contributed by atoms with van der Waals surface area (Å²) < 4.78 is 15.5. The molecule has 0 spiro atoms. The number of hydrogen-bond donors (Lipinski definition) is 0. The molecule has 1 heterocycles. The Morgan fingerprint density at radius 3 is 2.65 bits per heavy atom. The summed E-state index contributed by atoms with van der Waals surface area (Å²) in [5.74, 6) is -0.304. The third kappa shape index (κ3) is 3.48. The highest BCUT2D eigenvalue weighted by Crippen LogP contribution is 2.31. The van der Waals surface area contributed by atoms with Gasteiger partial charge in [-0.05, 0) is 26.0 Å². The number of fused-ring (bicyclic) bond motifs is 1. The minimum atomic E-state index is -1.12. The van der Waals surface area contributed by atoms with Crippen LogP contribution < -0.4 is 10.4 Å². The number of carbonyl (C=O) groups is 2. The number of carbonyl (C=O) groups excluding carboxylic acids is 2. The van der Waals surface area contributed by atoms with Crippen LogP contribution in [0.15, 0.2) is 45.1 Å². The number of aldehydes is 1. The summed E-state index contributed by atoms with van der Waals surface area (Å²) in [4.78, 5) is 34.5. The predicted molar refractivity (Wildman–Crippen MR) is 83.4 cm³/mol. The molecular formula is C17H16O6. The fraction of sp³-hybridized carbons (Fsp3) is 0.235. The van der Waals surface area contributed by atoms with E-state index >= 15 is 0 Å². The summed E-state index contributed by atoms with van der Waals surface area (Å²) in [5, 5.41) is 0.589. The Labute approximate surface area is 132 Å². The number of ether oxygens (including phenoxy) is 2. The number of benzene rings is 1. The monoisotopic (exact) mass is 316 g/mol. The van der Waals surface area contributed by atoms with Crippen LogP contribution in [0.25, 0.3) is 11.0 Å². The molecule has 0 aliphatic carbocycles. The van der Waals surface area contributed by atoms with E-state index in [1.54, 1.807) is 32.1 Å². The van der Waals surface area contributed by atoms with Gasteiger partial charge in [-0.2, -0.15) is 0 Å². The van der Waals surface area contributed by atoms with Crippen molar-refractivity contribution in [3.8, 4) is 5.75 Å². The summed E-state index contributed by atoms with van der Waals surface area (Å²) >= 11 is 0. The molecule has 120 valence electrons. The number of hydrogen-bond acceptors (Lipinski definition) is 6. The Bertz CT molecular complexity index is 831. The summed E-state index contributed by atoms with van der Waals surface area (Å²) in [6.45, 7) is 3.29. The summed E-state index contributed by atoms with van der Waals surface area (Å²) in [6, 6.07) is 5.91. The third-order valence-electron chi connectivity index (χ3n) is 3.39. The molecule has 6 heteroatoms. The fourth-order valence-corrected chi connectivity index (χ4v) is 2.00. The molecule has 0 unspecified atom stereocenters. The van der Waals surface area contributed by atoms with E-state index in [2.05, 4.69) is 0 Å². The molecule has 23 heavy (non-hydrogen) atoms. The van der Waals surface area contributed by atoms with Crippen LogP contribution in [0.3, 0.4) is 0 Å². The van der Waals surface area contributed by atoms with Crippen molar-refractivity contribution in [2.24, 2.45) is 0 Å². The zero-order valence-electron chi connectivity index (χ0n) is 13.0. The topological polar surface area (TPSA) is 82.8 Å². The highest BCUT2D eigenvalue weighted by molar-refractivity contribution is 5.89. The molecule has 2 rings (SSSR count). The van der Waals surface area contributed by atoms with Crippen molar-refractivity contribution in [2.45, 2.75) is 20.0 Å². The molecule has 0 saturated heterocycles. The average Bonchev–Trinajstić information content (AvgIpc) is 2.57. The standard InChI is InChI=1S/C17H16O6/c1-4-10(2)17(20)23-15(9-18)12-7-11-5-6-16(19)22-13(11)8-14(12)21-3/h4-9,15H,1-3H3/b10-4-/t15-/m0/s1. The molecular weight excluding hydrogens is 300 g/mol. The quantitative estimate of drug-likeness (QED) is 0.365. The van der Waals surface area contributed by atoms with E-state index in [0.29, 0.717) is 28.4 Å². The molecule has 0 amide bonds. The zero-order chi connectivity index (χ0) is 17.0. The minimum Gasteiger partial charge on any atom is -0.496 e. The first-order valence-corrected chi connectivity index (χ1v) is 6.91. The van der Waals surface area contributed by atoms with Crippen molar-refractivity contribution >= 4 is 23.2 Å². The van der Waals surface area contributed by atoms with Crippen LogP contribution in [-0.4, -0.2) is 19.4 Å². The normalized spacial score (nSPS) is 12.7. The van der Waals surface area contributed by atoms with E-state index in [9.17, 15) is 14.4 Å². The molecule has 0 radical (unpaired) electrons. The molecule has 1 aromatic carbocycles. The Kier molecular flexibility index (Phi) is 4.95. The second kappa shape index (κ2) is 6.91. The zero-order valence-corrected chi connectivity index (χ0v) is 13.0. The summed E-state index contributed by atoms with van der Waals surface area (Å²) in [5.41, 5.74) is 0.594. The lowest BCUT2D eigenvalue weighted by Gasteiger charge is -2.16. The molecule has 2 aromatic rings. The van der Waals surface area contributed by atoms with Gasteiger partial charge in [-0.15, -0.1) is 0 Å². The van der Waals surface area contributed by atoms with Crippen molar-refractivity contribution in [2.75, 3.05) is 7.11 Å². The lowest BCUT2D eigenvalue weighted by atomic mass is 10.1. The van der Waals surface area contributed by atoms with E-state index in [0.717, 1.165) is 0 Å². The van der Waals surface area contributed by atoms with Crippen molar-refractivity contribution in [1.29, 1.82) is 0 Å². The number of allylic oxidation sites excluding steroid dienone is 1. The van der Waals surface area contributed by atoms with Crippen LogP contribution in [0.4, 0.5) is 0 Å². The summed E-state index contributed by atoms with van der Waals surface area (Å²) in [7, 11) is 1.41. The van der Waals surface area contributed by atoms with Crippen LogP contribution in [0.1, 0.15) is 25.5 Å². The fourth-order valence-electron chi connectivity index (χ4n) is 2.00. The third-order valence-corrected chi connectivity index (χ3v) is 3.39. The first-order chi connectivity index (χ1) is 11.0. The van der Waals surface area contributed by atoms with Gasteiger partial charge >= 0.3 is 11.6 Å². The Morgan fingerprint density at radius 2 is 2.04 bits per heavy atom. The molecule has 0 saturated carbocycles. The van der Waals surface area contributed by atoms with Crippen LogP contribution in [0.5, 0.6) is 5.75 Å². The van der Waals surface area contributed by atoms with Gasteiger partial charge in [-0.1, -0.05) is 6.08 Å². The van der Waals surface area contributed by atoms with Crippen LogP contribution in [-0.2, 0) is 14.3 Å². The van der Waals surface area contributed by atoms with Gasteiger partial charge in [-0.25, -0.2) is 9.59 Å². The van der Waals surface area contributed by atoms with Gasteiger partial charge in [0.05, 0.1) is 7.11 Å². The lowest BCUT2D eigenvalue weighted by molar-refractivity contribution is -0.148. The molecule has 0 aliphatic rings. The Balaban J connectivity index is 2.50. The highest BCUT2D eigenvalue weighted by Gasteiger charge is 2.22. The van der Waals surface area contributed by atoms with Crippen molar-refractivity contribution in [1.82, 2.24) is 0 Å². The van der Waals surface area contributed by atoms with Gasteiger partial charge in [0, 0.05) is 28.7 Å². The maximum absolute atomic E-state index is 11.9. The highest BCUT2D eigenvalue weighted by atomic mass is 16.5. The first-order valence-electron chi connectivity index (χ1n) is 6.91. The van der Waals surface area contributed by atoms with Gasteiger partial charge in [0.15, 0.2) is 12.4 Å². The molecule has 1 aromatic heterocycles. The van der Waals surface area contributed by atoms with E-state index in [1.165, 1.54) is 19.2 Å². The van der Waals surface area contributed by atoms with E-state index < -0.39 is 17.7 Å². The van der Waals surface area contributed by atoms with Gasteiger partial charge < -0.3 is 13.9 Å². The Morgan fingerprint density at radius 1 is 1.30 bits per heavy atom. The maximum Gasteiger partial charge on any atom is 0.336 e. The number of methoxy groups -OCH3 is 1. The van der Waals surface area contributed by atoms with Crippen molar-refractivity contribution < 1.29 is 23.5 Å². The molecule has 0 bridgehead atoms. The lowest BCUT2D eigenvalue weighted by Crippen LogP contribution is -2.14. The Hall–Kier alpha value is -2.89. The number of esters is 1. The number of rotatable bonds is 5. The SMILES string of the molecule is C/C=C(/C)C(=O)O[C@@H](C=O)c1cc2ccc(=O)oc2cc1OC. The van der Waals surface area contributed by atoms with Crippen molar-refractivity contribution in [3.05, 3.63) is 51.9 Å². The van der Waals surface area contributed by atoms with Gasteiger partial charge in [0.2, 0.25) is 0 Å². The summed E-state index contributed by atoms with van der Waals surface area (Å²) in [6.07, 6.45) is 0.990. The predicted octanol–water partition coefficient (Wildman–Crippen LogP) is 2.55. The second-order valence-corrected chi connectivity index (χ2v) is 4.82. The van der Waals surface area contributed by atoms with Crippen molar-refractivity contribution in [3.63, 3.8) is 0 Å². The minimum absolute atomic E-state index is 0.287. The molecule has 0 N–H and O–H groups in total. The molecule has 0 aliphatic heterocycles. The van der Waals surface area contributed by atoms with Crippen LogP contribution in [0, 0.1) is 0 Å².